The fourth-order valence-corrected chi connectivity index (χ4v) is 5.30. The molecule has 0 aromatic heterocycles. The zero-order chi connectivity index (χ0) is 33.2. The van der Waals surface area contributed by atoms with E-state index in [4.69, 9.17) is 20.4 Å². The van der Waals surface area contributed by atoms with Gasteiger partial charge in [0, 0.05) is 12.8 Å². The van der Waals surface area contributed by atoms with Gasteiger partial charge in [0.1, 0.15) is 0 Å². The Morgan fingerprint density at radius 2 is 0.477 bits per heavy atom. The third-order valence-corrected chi connectivity index (χ3v) is 8.09. The first kappa shape index (κ1) is 47.3. The molecule has 6 heteroatoms. The molecule has 0 heterocycles. The van der Waals surface area contributed by atoms with Crippen molar-refractivity contribution >= 4 is 11.9 Å². The summed E-state index contributed by atoms with van der Waals surface area (Å²) in [6.45, 7) is 4.29. The average Bonchev–Trinajstić information content (AvgIpc) is 3.01. The first-order chi connectivity index (χ1) is 21.5. The van der Waals surface area contributed by atoms with E-state index >= 15 is 0 Å². The topological polar surface area (TPSA) is 115 Å². The quantitative estimate of drug-likeness (QED) is 0.0536. The molecule has 0 saturated carbocycles. The Morgan fingerprint density at radius 3 is 0.614 bits per heavy atom. The predicted molar refractivity (Wildman–Crippen MR) is 189 cm³/mol. The van der Waals surface area contributed by atoms with Crippen LogP contribution in [0.5, 0.6) is 0 Å². The predicted octanol–water partition coefficient (Wildman–Crippen LogP) is 11.6. The summed E-state index contributed by atoms with van der Waals surface area (Å²) in [5, 5.41) is 32.3. The largest absolute Gasteiger partial charge is 0.481 e. The lowest BCUT2D eigenvalue weighted by Crippen LogP contribution is -1.93. The molecule has 0 unspecified atom stereocenters. The smallest absolute Gasteiger partial charge is 0.303 e. The van der Waals surface area contributed by atoms with Crippen LogP contribution < -0.4 is 0 Å². The first-order valence-corrected chi connectivity index (χ1v) is 19.1. The van der Waals surface area contributed by atoms with Gasteiger partial charge in [0.25, 0.3) is 0 Å². The van der Waals surface area contributed by atoms with Crippen LogP contribution in [0.25, 0.3) is 0 Å². The lowest BCUT2D eigenvalue weighted by Gasteiger charge is -2.03. The van der Waals surface area contributed by atoms with E-state index in [1.165, 1.54) is 167 Å². The lowest BCUT2D eigenvalue weighted by atomic mass is 10.0. The molecule has 0 aliphatic heterocycles. The van der Waals surface area contributed by atoms with Gasteiger partial charge in [0.15, 0.2) is 0 Å². The molecule has 0 fully saturated rings. The van der Waals surface area contributed by atoms with Gasteiger partial charge in [0.05, 0.1) is 13.2 Å². The molecule has 44 heavy (non-hydrogen) atoms. The Balaban J connectivity index is -0.000000680. The molecule has 0 spiro atoms. The average molecular weight is 631 g/mol. The second-order valence-electron chi connectivity index (χ2n) is 12.6. The maximum absolute atomic E-state index is 10.3. The summed E-state index contributed by atoms with van der Waals surface area (Å²) < 4.78 is 0. The molecule has 0 aromatic rings. The second-order valence-corrected chi connectivity index (χ2v) is 12.6. The number of hydrogen-bond donors (Lipinski definition) is 4. The Hall–Kier alpha value is -1.14. The number of carbonyl (C=O) groups is 2. The minimum Gasteiger partial charge on any atom is -0.481 e. The Kier molecular flexibility index (Phi) is 49.7. The molecule has 0 rings (SSSR count). The van der Waals surface area contributed by atoms with Crippen LogP contribution in [0.4, 0.5) is 0 Å². The van der Waals surface area contributed by atoms with Crippen molar-refractivity contribution in [1.29, 1.82) is 0 Å². The van der Waals surface area contributed by atoms with Crippen LogP contribution in [-0.2, 0) is 9.59 Å². The van der Waals surface area contributed by atoms with Gasteiger partial charge in [-0.2, -0.15) is 0 Å². The van der Waals surface area contributed by atoms with Gasteiger partial charge in [-0.1, -0.05) is 194 Å². The number of rotatable bonds is 33. The van der Waals surface area contributed by atoms with Crippen LogP contribution in [0.3, 0.4) is 0 Å². The van der Waals surface area contributed by atoms with Crippen LogP contribution in [0.2, 0.25) is 0 Å². The summed E-state index contributed by atoms with van der Waals surface area (Å²) in [5.41, 5.74) is 0. The van der Waals surface area contributed by atoms with Crippen LogP contribution in [0.1, 0.15) is 219 Å². The van der Waals surface area contributed by atoms with Crippen LogP contribution in [-0.4, -0.2) is 45.6 Å². The Bertz CT molecular complexity index is 479. The number of aliphatic hydroxyl groups excluding tert-OH is 2. The fraction of sp³-hybridized carbons (Fsp3) is 0.947. The minimum absolute atomic E-state index is 0.125. The van der Waals surface area contributed by atoms with Crippen molar-refractivity contribution in [1.82, 2.24) is 0 Å². The number of aliphatic carboxylic acids is 2. The fourth-order valence-electron chi connectivity index (χ4n) is 5.30. The molecular weight excluding hydrogens is 552 g/mol. The van der Waals surface area contributed by atoms with E-state index in [0.29, 0.717) is 12.8 Å². The Labute approximate surface area is 274 Å². The van der Waals surface area contributed by atoms with Gasteiger partial charge in [-0.05, 0) is 12.8 Å². The maximum Gasteiger partial charge on any atom is 0.303 e. The number of hydrogen-bond acceptors (Lipinski definition) is 4. The molecule has 0 bridgehead atoms. The highest BCUT2D eigenvalue weighted by molar-refractivity contribution is 5.66. The van der Waals surface area contributed by atoms with E-state index in [1.807, 2.05) is 0 Å². The maximum atomic E-state index is 10.3. The third-order valence-electron chi connectivity index (χ3n) is 8.09. The normalized spacial score (nSPS) is 10.5. The molecule has 0 aliphatic carbocycles. The molecule has 0 radical (unpaired) electrons. The molecule has 4 N–H and O–H groups in total. The number of carboxylic acids is 2. The van der Waals surface area contributed by atoms with Crippen molar-refractivity contribution in [3.63, 3.8) is 0 Å². The standard InChI is InChI=1S/2C18H36O2.C2H6O2/c2*1-2-3-4-5-6-7-8-9-10-11-12-13-14-15-16-17-18(19)20;3-1-2-4/h2*2-17H2,1H3,(H,19,20);3-4H,1-2H2. The molecule has 0 amide bonds. The molecule has 0 aromatic carbocycles. The summed E-state index contributed by atoms with van der Waals surface area (Å²) in [6.07, 6.45) is 40.4. The highest BCUT2D eigenvalue weighted by Gasteiger charge is 1.98. The molecule has 6 nitrogen and oxygen atoms in total. The summed E-state index contributed by atoms with van der Waals surface area (Å²) in [5.74, 6) is -1.31. The van der Waals surface area contributed by atoms with Crippen LogP contribution >= 0.6 is 0 Å². The lowest BCUT2D eigenvalue weighted by molar-refractivity contribution is -0.138. The van der Waals surface area contributed by atoms with E-state index in [9.17, 15) is 9.59 Å². The van der Waals surface area contributed by atoms with Crippen molar-refractivity contribution < 1.29 is 30.0 Å². The van der Waals surface area contributed by atoms with Crippen molar-refractivity contribution in [2.75, 3.05) is 13.2 Å². The van der Waals surface area contributed by atoms with Crippen molar-refractivity contribution in [3.8, 4) is 0 Å². The van der Waals surface area contributed by atoms with Gasteiger partial charge in [-0.15, -0.1) is 0 Å². The number of unbranched alkanes of at least 4 members (excludes halogenated alkanes) is 28. The SMILES string of the molecule is CCCCCCCCCCCCCCCCCC(=O)O.CCCCCCCCCCCCCCCCCC(=O)O.OCCO. The highest BCUT2D eigenvalue weighted by atomic mass is 16.4. The summed E-state index contributed by atoms with van der Waals surface area (Å²) in [6, 6.07) is 0. The number of aliphatic hydroxyl groups is 2. The van der Waals surface area contributed by atoms with Crippen LogP contribution in [0.15, 0.2) is 0 Å². The summed E-state index contributed by atoms with van der Waals surface area (Å²) in [4.78, 5) is 20.7. The van der Waals surface area contributed by atoms with E-state index < -0.39 is 11.9 Å². The second kappa shape index (κ2) is 46.3. The molecular formula is C38H78O6. The summed E-state index contributed by atoms with van der Waals surface area (Å²) in [7, 11) is 0. The first-order valence-electron chi connectivity index (χ1n) is 19.1. The molecule has 0 atom stereocenters. The van der Waals surface area contributed by atoms with Crippen LogP contribution in [0, 0.1) is 0 Å². The molecule has 266 valence electrons. The van der Waals surface area contributed by atoms with E-state index in [0.717, 1.165) is 25.7 Å². The summed E-state index contributed by atoms with van der Waals surface area (Å²) >= 11 is 0. The van der Waals surface area contributed by atoms with Crippen molar-refractivity contribution in [2.24, 2.45) is 0 Å². The number of carboxylic acid groups (broad SMARTS) is 2. The van der Waals surface area contributed by atoms with Gasteiger partial charge in [0.2, 0.25) is 0 Å². The minimum atomic E-state index is -0.653. The third kappa shape index (κ3) is 56.6. The zero-order valence-electron chi connectivity index (χ0n) is 29.6. The zero-order valence-corrected chi connectivity index (χ0v) is 29.6. The monoisotopic (exact) mass is 631 g/mol. The van der Waals surface area contributed by atoms with E-state index in [1.54, 1.807) is 0 Å². The van der Waals surface area contributed by atoms with Crippen molar-refractivity contribution in [3.05, 3.63) is 0 Å². The highest BCUT2D eigenvalue weighted by Crippen LogP contribution is 2.15. The molecule has 0 saturated heterocycles. The van der Waals surface area contributed by atoms with Crippen molar-refractivity contribution in [2.45, 2.75) is 219 Å². The molecule has 0 aliphatic rings. The van der Waals surface area contributed by atoms with Gasteiger partial charge in [-0.3, -0.25) is 9.59 Å². The van der Waals surface area contributed by atoms with Gasteiger partial charge >= 0.3 is 11.9 Å². The Morgan fingerprint density at radius 1 is 0.318 bits per heavy atom. The van der Waals surface area contributed by atoms with Gasteiger partial charge < -0.3 is 20.4 Å². The van der Waals surface area contributed by atoms with E-state index in [-0.39, 0.29) is 13.2 Å². The van der Waals surface area contributed by atoms with Gasteiger partial charge in [-0.25, -0.2) is 0 Å². The van der Waals surface area contributed by atoms with E-state index in [2.05, 4.69) is 13.8 Å².